The van der Waals surface area contributed by atoms with Crippen molar-refractivity contribution >= 4 is 0 Å². The van der Waals surface area contributed by atoms with Crippen molar-refractivity contribution < 1.29 is 9.47 Å². The first-order valence-electron chi connectivity index (χ1n) is 13.3. The Morgan fingerprint density at radius 3 is 2.38 bits per heavy atom. The number of hydrogen-bond acceptors (Lipinski definition) is 6. The molecule has 200 valence electrons. The number of methoxy groups -OCH3 is 2. The molecule has 0 atom stereocenters. The summed E-state index contributed by atoms with van der Waals surface area (Å²) in [5.74, 6) is 1.48. The number of unbranched alkanes of at least 4 members (excludes halogenated alkanes) is 1. The predicted molar refractivity (Wildman–Crippen MR) is 152 cm³/mol. The average Bonchev–Trinajstić information content (AvgIpc) is 3.67. The highest BCUT2D eigenvalue weighted by Crippen LogP contribution is 2.35. The van der Waals surface area contributed by atoms with E-state index in [-0.39, 0.29) is 0 Å². The van der Waals surface area contributed by atoms with Crippen molar-refractivity contribution in [3.63, 3.8) is 0 Å². The number of nitrogens with one attached hydrogen (secondary N) is 1. The van der Waals surface area contributed by atoms with Crippen LogP contribution in [0.25, 0.3) is 33.9 Å². The molecule has 2 heterocycles. The second-order valence-electron chi connectivity index (χ2n) is 9.64. The van der Waals surface area contributed by atoms with E-state index >= 15 is 0 Å². The fraction of sp³-hybridized carbons (Fsp3) is 0.290. The number of H-pyrrole nitrogens is 1. The summed E-state index contributed by atoms with van der Waals surface area (Å²) in [6, 6.07) is 21.2. The Labute approximate surface area is 229 Å². The van der Waals surface area contributed by atoms with E-state index in [0.29, 0.717) is 12.4 Å². The smallest absolute Gasteiger partial charge is 0.205 e. The predicted octanol–water partition coefficient (Wildman–Crippen LogP) is 6.39. The van der Waals surface area contributed by atoms with Gasteiger partial charge in [0.15, 0.2) is 6.29 Å². The number of benzene rings is 3. The molecule has 0 aliphatic heterocycles. The third-order valence-electron chi connectivity index (χ3n) is 7.02. The highest BCUT2D eigenvalue weighted by atomic mass is 16.7. The number of ether oxygens (including phenoxy) is 2. The highest BCUT2D eigenvalue weighted by Gasteiger charge is 2.22. The Balaban J connectivity index is 1.47. The largest absolute Gasteiger partial charge is 0.352 e. The summed E-state index contributed by atoms with van der Waals surface area (Å²) in [5, 5.41) is 14.6. The molecule has 0 radical (unpaired) electrons. The van der Waals surface area contributed by atoms with Gasteiger partial charge in [0.2, 0.25) is 5.82 Å². The fourth-order valence-electron chi connectivity index (χ4n) is 5.10. The summed E-state index contributed by atoms with van der Waals surface area (Å²) in [6.45, 7) is 5.03. The van der Waals surface area contributed by atoms with Crippen LogP contribution >= 0.6 is 0 Å². The molecule has 0 amide bonds. The maximum absolute atomic E-state index is 5.70. The third kappa shape index (κ3) is 5.67. The molecule has 2 aromatic heterocycles. The number of aryl methyl sites for hydroxylation is 2. The molecule has 8 heteroatoms. The van der Waals surface area contributed by atoms with Gasteiger partial charge in [-0.1, -0.05) is 67.9 Å². The van der Waals surface area contributed by atoms with Crippen LogP contribution in [0, 0.1) is 6.92 Å². The molecule has 8 nitrogen and oxygen atoms in total. The van der Waals surface area contributed by atoms with Gasteiger partial charge in [-0.25, -0.2) is 4.98 Å². The summed E-state index contributed by atoms with van der Waals surface area (Å²) in [4.78, 5) is 4.79. The van der Waals surface area contributed by atoms with Gasteiger partial charge in [0.1, 0.15) is 5.82 Å². The van der Waals surface area contributed by atoms with Crippen LogP contribution in [0.15, 0.2) is 73.1 Å². The summed E-state index contributed by atoms with van der Waals surface area (Å²) < 4.78 is 13.6. The van der Waals surface area contributed by atoms with Crippen molar-refractivity contribution in [2.45, 2.75) is 45.9 Å². The maximum Gasteiger partial charge on any atom is 0.205 e. The van der Waals surface area contributed by atoms with Gasteiger partial charge in [-0.2, -0.15) is 5.21 Å². The lowest BCUT2D eigenvalue weighted by molar-refractivity contribution is -0.106. The molecule has 0 unspecified atom stereocenters. The first kappa shape index (κ1) is 26.5. The Bertz CT molecular complexity index is 1500. The molecule has 1 N–H and O–H groups in total. The Kier molecular flexibility index (Phi) is 8.24. The zero-order valence-electron chi connectivity index (χ0n) is 22.9. The second-order valence-corrected chi connectivity index (χ2v) is 9.64. The Morgan fingerprint density at radius 2 is 1.69 bits per heavy atom. The lowest BCUT2D eigenvalue weighted by Gasteiger charge is -2.22. The second kappa shape index (κ2) is 12.1. The Hall–Kier alpha value is -4.14. The van der Waals surface area contributed by atoms with Crippen LogP contribution in [0.3, 0.4) is 0 Å². The summed E-state index contributed by atoms with van der Waals surface area (Å²) in [6.07, 6.45) is 6.75. The van der Waals surface area contributed by atoms with Crippen molar-refractivity contribution in [1.82, 2.24) is 30.2 Å². The molecule has 39 heavy (non-hydrogen) atoms. The molecular formula is C31H34N6O2. The number of rotatable bonds is 11. The van der Waals surface area contributed by atoms with Crippen LogP contribution in [-0.2, 0) is 22.4 Å². The van der Waals surface area contributed by atoms with Crippen LogP contribution in [0.1, 0.15) is 48.3 Å². The van der Waals surface area contributed by atoms with Gasteiger partial charge < -0.3 is 14.0 Å². The first-order chi connectivity index (χ1) is 19.1. The van der Waals surface area contributed by atoms with Gasteiger partial charge >= 0.3 is 0 Å². The zero-order valence-corrected chi connectivity index (χ0v) is 22.9. The maximum atomic E-state index is 5.70. The average molecular weight is 523 g/mol. The van der Waals surface area contributed by atoms with E-state index < -0.39 is 6.29 Å². The quantitative estimate of drug-likeness (QED) is 0.202. The van der Waals surface area contributed by atoms with Crippen LogP contribution in [0.4, 0.5) is 0 Å². The van der Waals surface area contributed by atoms with Crippen LogP contribution in [0.5, 0.6) is 0 Å². The molecular weight excluding hydrogens is 488 g/mol. The van der Waals surface area contributed by atoms with E-state index in [9.17, 15) is 0 Å². The van der Waals surface area contributed by atoms with Crippen molar-refractivity contribution in [2.24, 2.45) is 0 Å². The molecule has 0 aliphatic carbocycles. The molecule has 0 saturated carbocycles. The van der Waals surface area contributed by atoms with Crippen LogP contribution < -0.4 is 0 Å². The molecule has 0 saturated heterocycles. The highest BCUT2D eigenvalue weighted by molar-refractivity contribution is 5.80. The number of tetrazole rings is 1. The summed E-state index contributed by atoms with van der Waals surface area (Å²) in [7, 11) is 3.35. The minimum Gasteiger partial charge on any atom is -0.352 e. The van der Waals surface area contributed by atoms with E-state index in [2.05, 4.69) is 81.5 Å². The third-order valence-corrected chi connectivity index (χ3v) is 7.02. The fourth-order valence-corrected chi connectivity index (χ4v) is 5.10. The van der Waals surface area contributed by atoms with E-state index in [1.807, 2.05) is 30.6 Å². The van der Waals surface area contributed by atoms with Gasteiger partial charge in [-0.15, -0.1) is 10.2 Å². The number of nitrogens with zero attached hydrogens (tertiary/aromatic N) is 5. The summed E-state index contributed by atoms with van der Waals surface area (Å²) >= 11 is 0. The summed E-state index contributed by atoms with van der Waals surface area (Å²) in [5.41, 5.74) is 8.77. The topological polar surface area (TPSA) is 90.7 Å². The molecule has 3 aromatic carbocycles. The Morgan fingerprint density at radius 1 is 0.923 bits per heavy atom. The van der Waals surface area contributed by atoms with Crippen molar-refractivity contribution in [1.29, 1.82) is 0 Å². The first-order valence-corrected chi connectivity index (χ1v) is 13.3. The normalized spacial score (nSPS) is 11.4. The monoisotopic (exact) mass is 522 g/mol. The van der Waals surface area contributed by atoms with E-state index in [4.69, 9.17) is 14.5 Å². The molecule has 0 bridgehead atoms. The van der Waals surface area contributed by atoms with E-state index in [1.165, 1.54) is 11.1 Å². The number of imidazole rings is 1. The molecule has 5 aromatic rings. The van der Waals surface area contributed by atoms with E-state index in [0.717, 1.165) is 58.5 Å². The molecule has 5 rings (SSSR count). The van der Waals surface area contributed by atoms with E-state index in [1.54, 1.807) is 14.2 Å². The number of hydrogen-bond donors (Lipinski definition) is 1. The molecule has 0 aliphatic rings. The number of aromatic amines is 1. The minimum absolute atomic E-state index is 0.469. The van der Waals surface area contributed by atoms with Gasteiger partial charge in [0.05, 0.1) is 0 Å². The van der Waals surface area contributed by atoms with Crippen LogP contribution in [0.2, 0.25) is 0 Å². The van der Waals surface area contributed by atoms with Gasteiger partial charge in [-0.3, -0.25) is 0 Å². The van der Waals surface area contributed by atoms with Gasteiger partial charge in [-0.05, 0) is 58.9 Å². The molecule has 0 spiro atoms. The lowest BCUT2D eigenvalue weighted by Crippen LogP contribution is -2.11. The number of aromatic nitrogens is 6. The van der Waals surface area contributed by atoms with Gasteiger partial charge in [0, 0.05) is 49.8 Å². The van der Waals surface area contributed by atoms with Crippen molar-refractivity contribution in [2.75, 3.05) is 14.2 Å². The lowest BCUT2D eigenvalue weighted by atomic mass is 9.94. The minimum atomic E-state index is -0.469. The van der Waals surface area contributed by atoms with Crippen molar-refractivity contribution in [3.8, 4) is 33.9 Å². The zero-order chi connectivity index (χ0) is 27.2. The molecule has 0 fully saturated rings. The SMILES string of the molecule is CCCCc1cc(C)c(C(OC)OC)c(-c2nccn2Cc2ccc(-c3ccccc3-c3nn[nH]n3)cc2)c1. The van der Waals surface area contributed by atoms with Gasteiger partial charge in [0.25, 0.3) is 0 Å². The van der Waals surface area contributed by atoms with Crippen molar-refractivity contribution in [3.05, 3.63) is 95.3 Å². The standard InChI is InChI=1S/C31H34N6O2/c1-5-6-9-23-18-21(2)28(31(38-3)39-4)27(19-23)30-32-16-17-37(30)20-22-12-14-24(15-13-22)25-10-7-8-11-26(25)29-33-35-36-34-29/h7-8,10-19,31H,5-6,9,20H2,1-4H3,(H,33,34,35,36). The van der Waals surface area contributed by atoms with Crippen LogP contribution in [-0.4, -0.2) is 44.4 Å².